The van der Waals surface area contributed by atoms with E-state index >= 15 is 0 Å². The molecule has 6 heteroatoms. The monoisotopic (exact) mass is 374 g/mol. The number of benzene rings is 2. The Labute approximate surface area is 165 Å². The van der Waals surface area contributed by atoms with Crippen LogP contribution in [-0.4, -0.2) is 18.0 Å². The van der Waals surface area contributed by atoms with Crippen molar-refractivity contribution in [2.75, 3.05) is 18.0 Å². The first-order chi connectivity index (χ1) is 13.6. The third kappa shape index (κ3) is 6.59. The van der Waals surface area contributed by atoms with Crippen LogP contribution in [-0.2, 0) is 0 Å². The van der Waals surface area contributed by atoms with Crippen LogP contribution in [0.25, 0.3) is 0 Å². The lowest BCUT2D eigenvalue weighted by atomic mass is 10.2. The summed E-state index contributed by atoms with van der Waals surface area (Å²) in [5.41, 5.74) is 2.37. The van der Waals surface area contributed by atoms with Crippen LogP contribution in [0.1, 0.15) is 25.7 Å². The lowest BCUT2D eigenvalue weighted by Crippen LogP contribution is -2.25. The summed E-state index contributed by atoms with van der Waals surface area (Å²) in [5.74, 6) is 5.34. The molecule has 0 spiro atoms. The number of anilines is 1. The normalized spacial score (nSPS) is 10.4. The van der Waals surface area contributed by atoms with E-state index < -0.39 is 4.92 Å². The van der Waals surface area contributed by atoms with Crippen LogP contribution < -0.4 is 4.90 Å². The zero-order valence-electron chi connectivity index (χ0n) is 15.6. The van der Waals surface area contributed by atoms with Gasteiger partial charge in [-0.2, -0.15) is 10.2 Å². The van der Waals surface area contributed by atoms with Gasteiger partial charge in [-0.25, -0.2) is 0 Å². The molecule has 2 aromatic carbocycles. The van der Waals surface area contributed by atoms with Crippen molar-refractivity contribution in [2.24, 2.45) is 10.2 Å². The van der Waals surface area contributed by atoms with E-state index in [0.717, 1.165) is 44.5 Å². The summed E-state index contributed by atoms with van der Waals surface area (Å²) in [5, 5.41) is 19.0. The molecule has 28 heavy (non-hydrogen) atoms. The second kappa shape index (κ2) is 11.2. The fourth-order valence-corrected chi connectivity index (χ4v) is 2.60. The number of azo groups is 1. The number of rotatable bonds is 10. The van der Waals surface area contributed by atoms with Gasteiger partial charge in [0.15, 0.2) is 0 Å². The second-order valence-electron chi connectivity index (χ2n) is 6.09. The Morgan fingerprint density at radius 1 is 0.857 bits per heavy atom. The van der Waals surface area contributed by atoms with E-state index in [1.165, 1.54) is 12.1 Å². The smallest absolute Gasteiger partial charge is 0.269 e. The van der Waals surface area contributed by atoms with Gasteiger partial charge < -0.3 is 4.90 Å². The summed E-state index contributed by atoms with van der Waals surface area (Å²) in [6.45, 7) is 1.75. The molecule has 0 aliphatic carbocycles. The first kappa shape index (κ1) is 20.7. The Balaban J connectivity index is 2.03. The van der Waals surface area contributed by atoms with Crippen molar-refractivity contribution in [3.8, 4) is 24.7 Å². The summed E-state index contributed by atoms with van der Waals surface area (Å²) in [7, 11) is 0. The van der Waals surface area contributed by atoms with E-state index in [-0.39, 0.29) is 5.69 Å². The lowest BCUT2D eigenvalue weighted by Gasteiger charge is -2.24. The van der Waals surface area contributed by atoms with Crippen molar-refractivity contribution >= 4 is 22.7 Å². The largest absolute Gasteiger partial charge is 0.371 e. The van der Waals surface area contributed by atoms with Crippen molar-refractivity contribution < 1.29 is 4.92 Å². The third-order valence-corrected chi connectivity index (χ3v) is 4.05. The average molecular weight is 374 g/mol. The molecule has 6 nitrogen and oxygen atoms in total. The molecular formula is C22H22N4O2. The molecule has 0 saturated carbocycles. The van der Waals surface area contributed by atoms with E-state index in [9.17, 15) is 10.1 Å². The molecule has 0 heterocycles. The Bertz CT molecular complexity index is 855. The van der Waals surface area contributed by atoms with Crippen molar-refractivity contribution in [1.82, 2.24) is 0 Å². The van der Waals surface area contributed by atoms with Gasteiger partial charge in [0, 0.05) is 43.8 Å². The maximum Gasteiger partial charge on any atom is 0.269 e. The minimum atomic E-state index is -0.446. The van der Waals surface area contributed by atoms with Crippen molar-refractivity contribution in [1.29, 1.82) is 0 Å². The van der Waals surface area contributed by atoms with Crippen LogP contribution in [0.4, 0.5) is 22.7 Å². The molecular weight excluding hydrogens is 352 g/mol. The van der Waals surface area contributed by atoms with Gasteiger partial charge in [-0.05, 0) is 49.2 Å². The van der Waals surface area contributed by atoms with Crippen LogP contribution >= 0.6 is 0 Å². The van der Waals surface area contributed by atoms with Gasteiger partial charge in [-0.15, -0.1) is 24.7 Å². The highest BCUT2D eigenvalue weighted by Gasteiger charge is 2.06. The van der Waals surface area contributed by atoms with Crippen LogP contribution in [0, 0.1) is 34.8 Å². The number of hydrogen-bond donors (Lipinski definition) is 0. The first-order valence-corrected chi connectivity index (χ1v) is 9.02. The molecule has 0 aromatic heterocycles. The molecule has 0 N–H and O–H groups in total. The van der Waals surface area contributed by atoms with Crippen LogP contribution in [0.5, 0.6) is 0 Å². The standard InChI is InChI=1S/C22H22N4O2/c1-3-5-7-17-25(18-8-6-4-2)21-13-9-19(10-14-21)23-24-20-11-15-22(16-12-20)26(27)28/h1-2,9-16H,5-8,17-18H2. The van der Waals surface area contributed by atoms with Crippen molar-refractivity contribution in [3.63, 3.8) is 0 Å². The number of non-ortho nitro benzene ring substituents is 1. The van der Waals surface area contributed by atoms with Gasteiger partial charge >= 0.3 is 0 Å². The van der Waals surface area contributed by atoms with Crippen molar-refractivity contribution in [2.45, 2.75) is 25.7 Å². The predicted molar refractivity (Wildman–Crippen MR) is 112 cm³/mol. The molecule has 0 fully saturated rings. The molecule has 2 aromatic rings. The fourth-order valence-electron chi connectivity index (χ4n) is 2.60. The first-order valence-electron chi connectivity index (χ1n) is 9.02. The summed E-state index contributed by atoms with van der Waals surface area (Å²) in [6.07, 6.45) is 14.0. The number of hydrogen-bond acceptors (Lipinski definition) is 5. The Morgan fingerprint density at radius 2 is 1.32 bits per heavy atom. The number of terminal acetylenes is 2. The second-order valence-corrected chi connectivity index (χ2v) is 6.09. The molecule has 0 aliphatic heterocycles. The SMILES string of the molecule is C#CCCCN(CCCC#C)c1ccc(N=Nc2ccc([N+](=O)[O-])cc2)cc1. The van der Waals surface area contributed by atoms with Crippen LogP contribution in [0.2, 0.25) is 0 Å². The molecule has 0 radical (unpaired) electrons. The molecule has 0 amide bonds. The highest BCUT2D eigenvalue weighted by atomic mass is 16.6. The van der Waals surface area contributed by atoms with Gasteiger partial charge in [0.1, 0.15) is 0 Å². The molecule has 2 rings (SSSR count). The number of unbranched alkanes of at least 4 members (excludes halogenated alkanes) is 2. The number of nitrogens with zero attached hydrogens (tertiary/aromatic N) is 4. The summed E-state index contributed by atoms with van der Waals surface area (Å²) in [4.78, 5) is 12.5. The number of nitro benzene ring substituents is 1. The molecule has 0 bridgehead atoms. The highest BCUT2D eigenvalue weighted by Crippen LogP contribution is 2.24. The maximum absolute atomic E-state index is 10.7. The lowest BCUT2D eigenvalue weighted by molar-refractivity contribution is -0.384. The quantitative estimate of drug-likeness (QED) is 0.177. The van der Waals surface area contributed by atoms with Crippen molar-refractivity contribution in [3.05, 3.63) is 58.6 Å². The van der Waals surface area contributed by atoms with E-state index in [1.54, 1.807) is 12.1 Å². The third-order valence-electron chi connectivity index (χ3n) is 4.05. The number of nitro groups is 1. The maximum atomic E-state index is 10.7. The van der Waals surface area contributed by atoms with E-state index in [2.05, 4.69) is 27.0 Å². The van der Waals surface area contributed by atoms with Gasteiger partial charge in [-0.1, -0.05) is 0 Å². The topological polar surface area (TPSA) is 71.1 Å². The molecule has 142 valence electrons. The molecule has 0 aliphatic rings. The van der Waals surface area contributed by atoms with Crippen LogP contribution in [0.3, 0.4) is 0 Å². The van der Waals surface area contributed by atoms with E-state index in [0.29, 0.717) is 11.4 Å². The molecule has 0 saturated heterocycles. The fraction of sp³-hybridized carbons (Fsp3) is 0.273. The summed E-state index contributed by atoms with van der Waals surface area (Å²) >= 11 is 0. The zero-order valence-corrected chi connectivity index (χ0v) is 15.6. The average Bonchev–Trinajstić information content (AvgIpc) is 2.72. The minimum Gasteiger partial charge on any atom is -0.371 e. The van der Waals surface area contributed by atoms with Gasteiger partial charge in [0.2, 0.25) is 0 Å². The highest BCUT2D eigenvalue weighted by molar-refractivity contribution is 5.53. The van der Waals surface area contributed by atoms with E-state index in [1.807, 2.05) is 24.3 Å². The summed E-state index contributed by atoms with van der Waals surface area (Å²) in [6, 6.07) is 13.7. The Hall–Kier alpha value is -3.64. The van der Waals surface area contributed by atoms with Gasteiger partial charge in [0.05, 0.1) is 16.3 Å². The van der Waals surface area contributed by atoms with E-state index in [4.69, 9.17) is 12.8 Å². The Kier molecular flexibility index (Phi) is 8.23. The van der Waals surface area contributed by atoms with Crippen LogP contribution in [0.15, 0.2) is 58.8 Å². The summed E-state index contributed by atoms with van der Waals surface area (Å²) < 4.78 is 0. The minimum absolute atomic E-state index is 0.0260. The molecule has 0 unspecified atom stereocenters. The van der Waals surface area contributed by atoms with Gasteiger partial charge in [0.25, 0.3) is 5.69 Å². The molecule has 0 atom stereocenters. The van der Waals surface area contributed by atoms with Gasteiger partial charge in [-0.3, -0.25) is 10.1 Å². The Morgan fingerprint density at radius 3 is 1.75 bits per heavy atom. The predicted octanol–water partition coefficient (Wildman–Crippen LogP) is 5.64. The zero-order chi connectivity index (χ0) is 20.2.